The van der Waals surface area contributed by atoms with Crippen LogP contribution in [0.2, 0.25) is 0 Å². The van der Waals surface area contributed by atoms with Gasteiger partial charge in [-0.05, 0) is 31.0 Å². The molecule has 0 radical (unpaired) electrons. The maximum atomic E-state index is 6.24. The van der Waals surface area contributed by atoms with Crippen molar-refractivity contribution in [2.45, 2.75) is 44.8 Å². The topological polar surface area (TPSA) is 35.2 Å². The van der Waals surface area contributed by atoms with E-state index in [9.17, 15) is 0 Å². The van der Waals surface area contributed by atoms with E-state index in [0.29, 0.717) is 0 Å². The van der Waals surface area contributed by atoms with Crippen molar-refractivity contribution in [1.82, 2.24) is 0 Å². The highest BCUT2D eigenvalue weighted by atomic mass is 79.9. The highest BCUT2D eigenvalue weighted by Crippen LogP contribution is 2.42. The summed E-state index contributed by atoms with van der Waals surface area (Å²) in [4.78, 5) is 0. The normalized spacial score (nSPS) is 22.4. The average Bonchev–Trinajstić information content (AvgIpc) is 2.30. The van der Waals surface area contributed by atoms with Crippen LogP contribution in [0.4, 0.5) is 0 Å². The fourth-order valence-electron chi connectivity index (χ4n) is 2.37. The van der Waals surface area contributed by atoms with Gasteiger partial charge in [0.1, 0.15) is 11.4 Å². The zero-order valence-electron chi connectivity index (χ0n) is 9.79. The standard InChI is InChI=1S/C13H18BrNO/c1-3-13(4-2)8-11(15)10-7-9(14)5-6-12(10)16-13/h5-7,11H,3-4,8,15H2,1-2H3/t11-/m0/s1. The molecule has 0 bridgehead atoms. The number of hydrogen-bond acceptors (Lipinski definition) is 2. The van der Waals surface area contributed by atoms with Gasteiger partial charge in [-0.15, -0.1) is 0 Å². The number of halogens is 1. The Labute approximate surface area is 105 Å². The summed E-state index contributed by atoms with van der Waals surface area (Å²) in [6.07, 6.45) is 2.92. The molecule has 0 fully saturated rings. The molecule has 3 heteroatoms. The number of benzene rings is 1. The monoisotopic (exact) mass is 283 g/mol. The van der Waals surface area contributed by atoms with E-state index >= 15 is 0 Å². The number of rotatable bonds is 2. The zero-order chi connectivity index (χ0) is 11.8. The number of hydrogen-bond donors (Lipinski definition) is 1. The molecule has 1 aromatic carbocycles. The Balaban J connectivity index is 2.40. The summed E-state index contributed by atoms with van der Waals surface area (Å²) < 4.78 is 7.20. The lowest BCUT2D eigenvalue weighted by Crippen LogP contribution is -2.41. The van der Waals surface area contributed by atoms with Gasteiger partial charge in [0.05, 0.1) is 0 Å². The van der Waals surface area contributed by atoms with Crippen LogP contribution in [0.25, 0.3) is 0 Å². The Morgan fingerprint density at radius 1 is 1.44 bits per heavy atom. The molecular weight excluding hydrogens is 266 g/mol. The first kappa shape index (κ1) is 11.9. The summed E-state index contributed by atoms with van der Waals surface area (Å²) in [5.41, 5.74) is 7.29. The maximum Gasteiger partial charge on any atom is 0.124 e. The summed E-state index contributed by atoms with van der Waals surface area (Å²) >= 11 is 3.47. The fourth-order valence-corrected chi connectivity index (χ4v) is 2.75. The molecular formula is C13H18BrNO. The van der Waals surface area contributed by atoms with Crippen LogP contribution in [0, 0.1) is 0 Å². The average molecular weight is 284 g/mol. The molecule has 0 amide bonds. The first-order chi connectivity index (χ1) is 7.60. The quantitative estimate of drug-likeness (QED) is 0.896. The van der Waals surface area contributed by atoms with Gasteiger partial charge < -0.3 is 10.5 Å². The predicted molar refractivity (Wildman–Crippen MR) is 69.6 cm³/mol. The molecule has 0 saturated carbocycles. The van der Waals surface area contributed by atoms with E-state index in [1.54, 1.807) is 0 Å². The van der Waals surface area contributed by atoms with Crippen molar-refractivity contribution in [3.8, 4) is 5.75 Å². The fraction of sp³-hybridized carbons (Fsp3) is 0.538. The second-order valence-electron chi connectivity index (χ2n) is 4.48. The van der Waals surface area contributed by atoms with Gasteiger partial charge >= 0.3 is 0 Å². The Morgan fingerprint density at radius 3 is 2.75 bits per heavy atom. The van der Waals surface area contributed by atoms with Gasteiger partial charge in [-0.2, -0.15) is 0 Å². The van der Waals surface area contributed by atoms with Gasteiger partial charge in [0.15, 0.2) is 0 Å². The van der Waals surface area contributed by atoms with Gasteiger partial charge in [0, 0.05) is 22.5 Å². The summed E-state index contributed by atoms with van der Waals surface area (Å²) in [5.74, 6) is 0.950. The van der Waals surface area contributed by atoms with Crippen LogP contribution in [-0.2, 0) is 0 Å². The van der Waals surface area contributed by atoms with Gasteiger partial charge in [-0.3, -0.25) is 0 Å². The summed E-state index contributed by atoms with van der Waals surface area (Å²) in [5, 5.41) is 0. The van der Waals surface area contributed by atoms with E-state index in [1.165, 1.54) is 0 Å². The third-order valence-electron chi connectivity index (χ3n) is 3.58. The summed E-state index contributed by atoms with van der Waals surface area (Å²) in [6.45, 7) is 4.33. The van der Waals surface area contributed by atoms with Crippen LogP contribution in [0.15, 0.2) is 22.7 Å². The third kappa shape index (κ3) is 1.98. The number of fused-ring (bicyclic) bond motifs is 1. The molecule has 1 atom stereocenters. The van der Waals surface area contributed by atoms with Crippen LogP contribution in [0.3, 0.4) is 0 Å². The van der Waals surface area contributed by atoms with Crippen LogP contribution in [0.5, 0.6) is 5.75 Å². The first-order valence-electron chi connectivity index (χ1n) is 5.84. The SMILES string of the molecule is CCC1(CC)C[C@H](N)c2cc(Br)ccc2O1. The number of ether oxygens (including phenoxy) is 1. The lowest BCUT2D eigenvalue weighted by atomic mass is 9.84. The first-order valence-corrected chi connectivity index (χ1v) is 6.63. The smallest absolute Gasteiger partial charge is 0.124 e. The molecule has 2 N–H and O–H groups in total. The van der Waals surface area contributed by atoms with Gasteiger partial charge in [0.25, 0.3) is 0 Å². The largest absolute Gasteiger partial charge is 0.487 e. The van der Waals surface area contributed by atoms with E-state index in [4.69, 9.17) is 10.5 Å². The molecule has 0 unspecified atom stereocenters. The lowest BCUT2D eigenvalue weighted by molar-refractivity contribution is 0.0282. The molecule has 88 valence electrons. The molecule has 0 aromatic heterocycles. The van der Waals surface area contributed by atoms with E-state index in [2.05, 4.69) is 35.8 Å². The minimum absolute atomic E-state index is 0.0692. The lowest BCUT2D eigenvalue weighted by Gasteiger charge is -2.40. The van der Waals surface area contributed by atoms with Crippen LogP contribution >= 0.6 is 15.9 Å². The highest BCUT2D eigenvalue weighted by molar-refractivity contribution is 9.10. The molecule has 2 nitrogen and oxygen atoms in total. The van der Waals surface area contributed by atoms with Crippen molar-refractivity contribution < 1.29 is 4.74 Å². The molecule has 0 saturated heterocycles. The Hall–Kier alpha value is -0.540. The molecule has 16 heavy (non-hydrogen) atoms. The van der Waals surface area contributed by atoms with Gasteiger partial charge in [-0.1, -0.05) is 29.8 Å². The van der Waals surface area contributed by atoms with Crippen molar-refractivity contribution >= 4 is 15.9 Å². The Bertz CT molecular complexity index is 388. The van der Waals surface area contributed by atoms with Crippen molar-refractivity contribution in [1.29, 1.82) is 0 Å². The second-order valence-corrected chi connectivity index (χ2v) is 5.40. The Kier molecular flexibility index (Phi) is 3.27. The van der Waals surface area contributed by atoms with Crippen LogP contribution in [0.1, 0.15) is 44.7 Å². The number of nitrogens with two attached hydrogens (primary N) is 1. The second kappa shape index (κ2) is 4.38. The molecule has 0 spiro atoms. The molecule has 1 aliphatic rings. The molecule has 2 rings (SSSR count). The molecule has 1 aliphatic heterocycles. The summed E-state index contributed by atoms with van der Waals surface area (Å²) in [7, 11) is 0. The third-order valence-corrected chi connectivity index (χ3v) is 4.07. The van der Waals surface area contributed by atoms with Gasteiger partial charge in [0.2, 0.25) is 0 Å². The summed E-state index contributed by atoms with van der Waals surface area (Å²) in [6, 6.07) is 6.17. The van der Waals surface area contributed by atoms with E-state index in [-0.39, 0.29) is 11.6 Å². The molecule has 1 aromatic rings. The van der Waals surface area contributed by atoms with E-state index < -0.39 is 0 Å². The molecule has 1 heterocycles. The highest BCUT2D eigenvalue weighted by Gasteiger charge is 2.36. The Morgan fingerprint density at radius 2 is 2.12 bits per heavy atom. The minimum atomic E-state index is -0.0692. The minimum Gasteiger partial charge on any atom is -0.487 e. The zero-order valence-corrected chi connectivity index (χ0v) is 11.4. The van der Waals surface area contributed by atoms with Crippen molar-refractivity contribution in [2.24, 2.45) is 5.73 Å². The van der Waals surface area contributed by atoms with E-state index in [0.717, 1.165) is 35.0 Å². The van der Waals surface area contributed by atoms with Crippen LogP contribution < -0.4 is 10.5 Å². The van der Waals surface area contributed by atoms with Crippen molar-refractivity contribution in [2.75, 3.05) is 0 Å². The molecule has 0 aliphatic carbocycles. The maximum absolute atomic E-state index is 6.24. The van der Waals surface area contributed by atoms with Crippen molar-refractivity contribution in [3.63, 3.8) is 0 Å². The predicted octanol–water partition coefficient (Wildman–Crippen LogP) is 3.79. The van der Waals surface area contributed by atoms with Crippen molar-refractivity contribution in [3.05, 3.63) is 28.2 Å². The van der Waals surface area contributed by atoms with E-state index in [1.807, 2.05) is 12.1 Å². The van der Waals surface area contributed by atoms with Crippen LogP contribution in [-0.4, -0.2) is 5.60 Å². The van der Waals surface area contributed by atoms with Gasteiger partial charge in [-0.25, -0.2) is 0 Å².